The van der Waals surface area contributed by atoms with Crippen LogP contribution in [0.4, 0.5) is 10.1 Å². The summed E-state index contributed by atoms with van der Waals surface area (Å²) in [5.41, 5.74) is -0.955. The Morgan fingerprint density at radius 3 is 2.50 bits per heavy atom. The van der Waals surface area contributed by atoms with Crippen molar-refractivity contribution in [2.45, 2.75) is 69.6 Å². The number of rotatable bonds is 7. The van der Waals surface area contributed by atoms with Crippen LogP contribution in [-0.2, 0) is 15.0 Å². The molecule has 206 valence electrons. The Hall–Kier alpha value is -2.23. The fourth-order valence-electron chi connectivity index (χ4n) is 5.77. The predicted octanol–water partition coefficient (Wildman–Crippen LogP) is 4.13. The Labute approximate surface area is 232 Å². The highest BCUT2D eigenvalue weighted by atomic mass is 35.5. The van der Waals surface area contributed by atoms with Gasteiger partial charge >= 0.3 is 0 Å². The lowest BCUT2D eigenvalue weighted by Gasteiger charge is -2.37. The number of carbonyl (C=O) groups excluding carboxylic acids is 2. The molecule has 1 fully saturated rings. The maximum Gasteiger partial charge on any atom is 0.237 e. The van der Waals surface area contributed by atoms with E-state index in [0.29, 0.717) is 28.3 Å². The zero-order chi connectivity index (χ0) is 28.0. The van der Waals surface area contributed by atoms with Gasteiger partial charge in [0, 0.05) is 29.2 Å². The summed E-state index contributed by atoms with van der Waals surface area (Å²) in [7, 11) is 0. The molecular formula is C28H34Cl2FN3O4. The number of halogens is 3. The largest absolute Gasteiger partial charge is 0.393 e. The Balaban J connectivity index is 1.86. The van der Waals surface area contributed by atoms with E-state index in [4.69, 9.17) is 23.2 Å². The van der Waals surface area contributed by atoms with Crippen LogP contribution in [0.25, 0.3) is 0 Å². The number of nitrogens with one attached hydrogen (secondary N) is 3. The van der Waals surface area contributed by atoms with Crippen LogP contribution in [0.5, 0.6) is 0 Å². The van der Waals surface area contributed by atoms with E-state index in [1.807, 2.05) is 6.07 Å². The molecule has 38 heavy (non-hydrogen) atoms. The minimum absolute atomic E-state index is 0.107. The number of hydrogen-bond donors (Lipinski definition) is 5. The molecule has 0 aliphatic carbocycles. The molecule has 2 amide bonds. The highest BCUT2D eigenvalue weighted by molar-refractivity contribution is 6.31. The van der Waals surface area contributed by atoms with E-state index in [2.05, 4.69) is 36.7 Å². The molecule has 5 N–H and O–H groups in total. The third-order valence-corrected chi connectivity index (χ3v) is 8.04. The average molecular weight is 567 g/mol. The first-order valence-electron chi connectivity index (χ1n) is 12.6. The highest BCUT2D eigenvalue weighted by Gasteiger charge is 2.65. The van der Waals surface area contributed by atoms with E-state index in [0.717, 1.165) is 0 Å². The van der Waals surface area contributed by atoms with Gasteiger partial charge in [-0.05, 0) is 60.6 Å². The number of fused-ring (bicyclic) bond motifs is 2. The van der Waals surface area contributed by atoms with Crippen molar-refractivity contribution in [2.75, 3.05) is 18.5 Å². The van der Waals surface area contributed by atoms with Crippen molar-refractivity contribution < 1.29 is 24.2 Å². The van der Waals surface area contributed by atoms with Gasteiger partial charge in [-0.25, -0.2) is 4.39 Å². The molecule has 0 aromatic heterocycles. The second-order valence-corrected chi connectivity index (χ2v) is 12.7. The molecule has 0 radical (unpaired) electrons. The van der Waals surface area contributed by atoms with E-state index in [9.17, 15) is 24.2 Å². The monoisotopic (exact) mass is 565 g/mol. The van der Waals surface area contributed by atoms with Crippen molar-refractivity contribution >= 4 is 40.7 Å². The molecule has 4 rings (SSSR count). The Bertz CT molecular complexity index is 1250. The molecule has 7 nitrogen and oxygen atoms in total. The standard InChI is InChI=1S/C28H34Cl2FN3O4/c1-26(2,3)13-21-28(17-7-6-16(29)12-20(17)33-25(28)37)22(15-5-8-19(31)18(30)11-15)23(34-21)24(36)32-10-9-27(4,38)14-35/h5-8,11-12,21-23,34-35,38H,9-10,13-14H2,1-4H3,(H,32,36)(H,33,37)/t21-,22+,23-,27+,28+/m1/s1. The van der Waals surface area contributed by atoms with Crippen molar-refractivity contribution in [3.05, 3.63) is 63.4 Å². The van der Waals surface area contributed by atoms with Gasteiger partial charge in [-0.3, -0.25) is 9.59 Å². The second kappa shape index (κ2) is 10.4. The molecular weight excluding hydrogens is 532 g/mol. The number of carbonyl (C=O) groups is 2. The molecule has 2 aliphatic rings. The first-order valence-corrected chi connectivity index (χ1v) is 13.4. The van der Waals surface area contributed by atoms with Crippen LogP contribution in [-0.4, -0.2) is 52.9 Å². The third-order valence-electron chi connectivity index (χ3n) is 7.51. The average Bonchev–Trinajstić information content (AvgIpc) is 3.29. The van der Waals surface area contributed by atoms with E-state index in [-0.39, 0.29) is 35.2 Å². The summed E-state index contributed by atoms with van der Waals surface area (Å²) in [5, 5.41) is 29.2. The lowest BCUT2D eigenvalue weighted by Crippen LogP contribution is -2.49. The molecule has 2 aromatic carbocycles. The lowest BCUT2D eigenvalue weighted by atomic mass is 9.62. The maximum absolute atomic E-state index is 14.2. The molecule has 1 spiro atoms. The van der Waals surface area contributed by atoms with Gasteiger partial charge < -0.3 is 26.2 Å². The number of hydrogen-bond acceptors (Lipinski definition) is 5. The Morgan fingerprint density at radius 1 is 1.16 bits per heavy atom. The van der Waals surface area contributed by atoms with Crippen LogP contribution in [0.1, 0.15) is 57.6 Å². The highest BCUT2D eigenvalue weighted by Crippen LogP contribution is 2.56. The van der Waals surface area contributed by atoms with Crippen molar-refractivity contribution in [2.24, 2.45) is 5.41 Å². The van der Waals surface area contributed by atoms with Crippen LogP contribution in [0.2, 0.25) is 10.0 Å². The van der Waals surface area contributed by atoms with Crippen LogP contribution < -0.4 is 16.0 Å². The third kappa shape index (κ3) is 5.29. The summed E-state index contributed by atoms with van der Waals surface area (Å²) in [4.78, 5) is 27.8. The van der Waals surface area contributed by atoms with Gasteiger partial charge in [0.05, 0.1) is 23.3 Å². The summed E-state index contributed by atoms with van der Waals surface area (Å²) in [6.07, 6.45) is 0.685. The first kappa shape index (κ1) is 28.8. The van der Waals surface area contributed by atoms with Crippen molar-refractivity contribution in [1.82, 2.24) is 10.6 Å². The fourth-order valence-corrected chi connectivity index (χ4v) is 6.13. The van der Waals surface area contributed by atoms with E-state index < -0.39 is 41.4 Å². The summed E-state index contributed by atoms with van der Waals surface area (Å²) in [6.45, 7) is 7.33. The normalized spacial score (nSPS) is 26.2. The number of amides is 2. The number of anilines is 1. The van der Waals surface area contributed by atoms with Gasteiger partial charge in [0.15, 0.2) is 0 Å². The second-order valence-electron chi connectivity index (χ2n) is 11.8. The molecule has 2 heterocycles. The summed E-state index contributed by atoms with van der Waals surface area (Å²) >= 11 is 12.5. The molecule has 0 saturated carbocycles. The zero-order valence-corrected chi connectivity index (χ0v) is 23.4. The van der Waals surface area contributed by atoms with Gasteiger partial charge in [0.1, 0.15) is 11.2 Å². The number of benzene rings is 2. The molecule has 2 aromatic rings. The van der Waals surface area contributed by atoms with Crippen LogP contribution in [0, 0.1) is 11.2 Å². The maximum atomic E-state index is 14.2. The van der Waals surface area contributed by atoms with Crippen LogP contribution in [0.3, 0.4) is 0 Å². The van der Waals surface area contributed by atoms with E-state index >= 15 is 0 Å². The number of aliphatic hydroxyl groups is 2. The van der Waals surface area contributed by atoms with Crippen molar-refractivity contribution in [3.63, 3.8) is 0 Å². The molecule has 10 heteroatoms. The topological polar surface area (TPSA) is 111 Å². The SMILES string of the molecule is CC(C)(C)C[C@H]1N[C@@H](C(=O)NCC[C@](C)(O)CO)[C@H](c2ccc(F)c(Cl)c2)[C@@]12C(=O)Nc1cc(Cl)ccc12. The molecule has 2 aliphatic heterocycles. The molecule has 0 bridgehead atoms. The van der Waals surface area contributed by atoms with Crippen LogP contribution in [0.15, 0.2) is 36.4 Å². The van der Waals surface area contributed by atoms with Gasteiger partial charge in [0.25, 0.3) is 0 Å². The first-order chi connectivity index (χ1) is 17.7. The lowest BCUT2D eigenvalue weighted by molar-refractivity contribution is -0.124. The minimum Gasteiger partial charge on any atom is -0.393 e. The summed E-state index contributed by atoms with van der Waals surface area (Å²) < 4.78 is 14.2. The summed E-state index contributed by atoms with van der Waals surface area (Å²) in [5.74, 6) is -2.00. The number of aliphatic hydroxyl groups excluding tert-OH is 1. The summed E-state index contributed by atoms with van der Waals surface area (Å²) in [6, 6.07) is 8.15. The van der Waals surface area contributed by atoms with E-state index in [1.165, 1.54) is 19.1 Å². The van der Waals surface area contributed by atoms with Gasteiger partial charge in [-0.1, -0.05) is 56.1 Å². The quantitative estimate of drug-likeness (QED) is 0.346. The minimum atomic E-state index is -1.35. The van der Waals surface area contributed by atoms with Crippen molar-refractivity contribution in [3.8, 4) is 0 Å². The fraction of sp³-hybridized carbons (Fsp3) is 0.500. The zero-order valence-electron chi connectivity index (χ0n) is 21.9. The Kier molecular flexibility index (Phi) is 7.87. The van der Waals surface area contributed by atoms with E-state index in [1.54, 1.807) is 18.2 Å². The Morgan fingerprint density at radius 2 is 1.87 bits per heavy atom. The molecule has 1 saturated heterocycles. The van der Waals surface area contributed by atoms with Gasteiger partial charge in [0.2, 0.25) is 11.8 Å². The molecule has 0 unspecified atom stereocenters. The molecule has 5 atom stereocenters. The van der Waals surface area contributed by atoms with Gasteiger partial charge in [-0.2, -0.15) is 0 Å². The van der Waals surface area contributed by atoms with Crippen molar-refractivity contribution in [1.29, 1.82) is 0 Å². The predicted molar refractivity (Wildman–Crippen MR) is 146 cm³/mol. The smallest absolute Gasteiger partial charge is 0.237 e. The van der Waals surface area contributed by atoms with Gasteiger partial charge in [-0.15, -0.1) is 0 Å². The van der Waals surface area contributed by atoms with Crippen LogP contribution >= 0.6 is 23.2 Å².